The maximum atomic E-state index is 11.0. The Morgan fingerprint density at radius 1 is 1.17 bits per heavy atom. The molecule has 1 unspecified atom stereocenters. The standard InChI is InChI=1S/C10H19NO5.C5H9NO2/c1-6(2)4-7(9(13)14)11(3)5-8(12)10(15)16;7-5(8)4-2-1-3-6-4/h6-8,12H,4-5H2,1-3H3,(H,13,14)(H,15,16);4,6H,1-3H2,(H,7,8)/t7-,8?;4-/m00/s1. The molecule has 24 heavy (non-hydrogen) atoms. The molecule has 0 aliphatic carbocycles. The summed E-state index contributed by atoms with van der Waals surface area (Å²) in [6.45, 7) is 4.44. The Morgan fingerprint density at radius 3 is 2.04 bits per heavy atom. The number of carbonyl (C=O) groups is 3. The number of aliphatic carboxylic acids is 3. The number of nitrogens with one attached hydrogen (secondary N) is 1. The summed E-state index contributed by atoms with van der Waals surface area (Å²) in [4.78, 5) is 32.9. The average Bonchev–Trinajstić information content (AvgIpc) is 2.99. The van der Waals surface area contributed by atoms with E-state index in [1.54, 1.807) is 0 Å². The number of nitrogens with zero attached hydrogens (tertiary/aromatic N) is 1. The van der Waals surface area contributed by atoms with Crippen LogP contribution in [0, 0.1) is 5.92 Å². The maximum Gasteiger partial charge on any atom is 0.333 e. The Morgan fingerprint density at radius 2 is 1.75 bits per heavy atom. The molecule has 5 N–H and O–H groups in total. The first-order chi connectivity index (χ1) is 11.1. The van der Waals surface area contributed by atoms with Crippen LogP contribution in [0.2, 0.25) is 0 Å². The van der Waals surface area contributed by atoms with Crippen LogP contribution in [0.4, 0.5) is 0 Å². The van der Waals surface area contributed by atoms with Gasteiger partial charge in [0.1, 0.15) is 12.1 Å². The van der Waals surface area contributed by atoms with Gasteiger partial charge in [-0.2, -0.15) is 0 Å². The molecule has 0 aromatic carbocycles. The second-order valence-electron chi connectivity index (χ2n) is 6.26. The van der Waals surface area contributed by atoms with Crippen LogP contribution in [0.5, 0.6) is 0 Å². The predicted molar refractivity (Wildman–Crippen MR) is 85.8 cm³/mol. The van der Waals surface area contributed by atoms with Crippen LogP contribution >= 0.6 is 0 Å². The van der Waals surface area contributed by atoms with Crippen LogP contribution in [-0.2, 0) is 14.4 Å². The highest BCUT2D eigenvalue weighted by molar-refractivity contribution is 5.74. The van der Waals surface area contributed by atoms with Crippen molar-refractivity contribution in [2.75, 3.05) is 20.1 Å². The zero-order valence-electron chi connectivity index (χ0n) is 14.3. The molecule has 0 aromatic heterocycles. The van der Waals surface area contributed by atoms with Gasteiger partial charge in [-0.3, -0.25) is 14.5 Å². The van der Waals surface area contributed by atoms with Gasteiger partial charge >= 0.3 is 17.9 Å². The third-order valence-electron chi connectivity index (χ3n) is 3.62. The summed E-state index contributed by atoms with van der Waals surface area (Å²) in [7, 11) is 1.49. The highest BCUT2D eigenvalue weighted by Gasteiger charge is 2.27. The van der Waals surface area contributed by atoms with Gasteiger partial charge in [-0.05, 0) is 38.8 Å². The topological polar surface area (TPSA) is 147 Å². The quantitative estimate of drug-likeness (QED) is 0.398. The van der Waals surface area contributed by atoms with Crippen molar-refractivity contribution < 1.29 is 34.8 Å². The van der Waals surface area contributed by atoms with Crippen molar-refractivity contribution in [3.8, 4) is 0 Å². The van der Waals surface area contributed by atoms with Gasteiger partial charge in [0.15, 0.2) is 6.10 Å². The molecule has 1 heterocycles. The van der Waals surface area contributed by atoms with Crippen molar-refractivity contribution in [1.82, 2.24) is 10.2 Å². The zero-order chi connectivity index (χ0) is 18.9. The molecule has 1 saturated heterocycles. The second-order valence-corrected chi connectivity index (χ2v) is 6.26. The highest BCUT2D eigenvalue weighted by atomic mass is 16.4. The van der Waals surface area contributed by atoms with Gasteiger partial charge in [0.2, 0.25) is 0 Å². The summed E-state index contributed by atoms with van der Waals surface area (Å²) < 4.78 is 0. The summed E-state index contributed by atoms with van der Waals surface area (Å²) in [5, 5.41) is 37.8. The van der Waals surface area contributed by atoms with E-state index in [1.165, 1.54) is 11.9 Å². The number of likely N-dealkylation sites (N-methyl/N-ethyl adjacent to an activating group) is 1. The Labute approximate surface area is 141 Å². The molecule has 1 fully saturated rings. The van der Waals surface area contributed by atoms with Crippen LogP contribution < -0.4 is 5.32 Å². The van der Waals surface area contributed by atoms with E-state index in [9.17, 15) is 14.4 Å². The molecule has 1 aliphatic heterocycles. The minimum atomic E-state index is -1.56. The van der Waals surface area contributed by atoms with E-state index >= 15 is 0 Å². The number of carboxylic acid groups (broad SMARTS) is 3. The molecule has 3 atom stereocenters. The van der Waals surface area contributed by atoms with Crippen LogP contribution in [0.15, 0.2) is 0 Å². The van der Waals surface area contributed by atoms with E-state index in [-0.39, 0.29) is 18.5 Å². The van der Waals surface area contributed by atoms with Crippen molar-refractivity contribution in [1.29, 1.82) is 0 Å². The molecule has 0 amide bonds. The fourth-order valence-corrected chi connectivity index (χ4v) is 2.29. The fourth-order valence-electron chi connectivity index (χ4n) is 2.29. The predicted octanol–water partition coefficient (Wildman–Crippen LogP) is -0.314. The number of rotatable bonds is 8. The lowest BCUT2D eigenvalue weighted by Gasteiger charge is -2.26. The molecule has 9 nitrogen and oxygen atoms in total. The molecule has 1 rings (SSSR count). The lowest BCUT2D eigenvalue weighted by Crippen LogP contribution is -2.45. The SMILES string of the molecule is CC(C)C[C@@H](C(=O)O)N(C)CC(O)C(=O)O.O=C(O)[C@@H]1CCCN1. The van der Waals surface area contributed by atoms with E-state index < -0.39 is 30.1 Å². The first-order valence-electron chi connectivity index (χ1n) is 7.86. The summed E-state index contributed by atoms with van der Waals surface area (Å²) in [5.74, 6) is -2.89. The van der Waals surface area contributed by atoms with Gasteiger partial charge < -0.3 is 25.7 Å². The molecule has 0 bridgehead atoms. The Hall–Kier alpha value is -1.71. The van der Waals surface area contributed by atoms with Crippen molar-refractivity contribution in [2.45, 2.75) is 51.3 Å². The fraction of sp³-hybridized carbons (Fsp3) is 0.800. The number of aliphatic hydroxyl groups excluding tert-OH is 1. The van der Waals surface area contributed by atoms with Gasteiger partial charge in [0.25, 0.3) is 0 Å². The third-order valence-corrected chi connectivity index (χ3v) is 3.62. The average molecular weight is 348 g/mol. The molecule has 1 aliphatic rings. The highest BCUT2D eigenvalue weighted by Crippen LogP contribution is 2.11. The number of hydrogen-bond donors (Lipinski definition) is 5. The van der Waals surface area contributed by atoms with Gasteiger partial charge in [0, 0.05) is 6.54 Å². The minimum absolute atomic E-state index is 0.186. The van der Waals surface area contributed by atoms with E-state index in [4.69, 9.17) is 20.4 Å². The molecule has 0 aromatic rings. The summed E-state index contributed by atoms with van der Waals surface area (Å²) in [6, 6.07) is -1.04. The number of aliphatic hydroxyl groups is 1. The second kappa shape index (κ2) is 11.0. The van der Waals surface area contributed by atoms with E-state index in [2.05, 4.69) is 5.32 Å². The Bertz CT molecular complexity index is 422. The first-order valence-corrected chi connectivity index (χ1v) is 7.86. The molecular formula is C15H28N2O7. The molecule has 0 radical (unpaired) electrons. The monoisotopic (exact) mass is 348 g/mol. The molecule has 0 spiro atoms. The van der Waals surface area contributed by atoms with Crippen molar-refractivity contribution in [2.24, 2.45) is 5.92 Å². The van der Waals surface area contributed by atoms with Crippen LogP contribution in [-0.4, -0.2) is 81.6 Å². The third kappa shape index (κ3) is 8.80. The largest absolute Gasteiger partial charge is 0.480 e. The van der Waals surface area contributed by atoms with E-state index in [1.807, 2.05) is 13.8 Å². The summed E-state index contributed by atoms with van der Waals surface area (Å²) in [5.41, 5.74) is 0. The summed E-state index contributed by atoms with van der Waals surface area (Å²) in [6.07, 6.45) is 0.642. The number of hydrogen-bond acceptors (Lipinski definition) is 6. The van der Waals surface area contributed by atoms with Crippen molar-refractivity contribution in [3.05, 3.63) is 0 Å². The van der Waals surface area contributed by atoms with Gasteiger partial charge in [-0.25, -0.2) is 4.79 Å². The van der Waals surface area contributed by atoms with Crippen LogP contribution in [0.1, 0.15) is 33.1 Å². The van der Waals surface area contributed by atoms with Gasteiger partial charge in [0.05, 0.1) is 0 Å². The molecular weight excluding hydrogens is 320 g/mol. The van der Waals surface area contributed by atoms with Crippen molar-refractivity contribution >= 4 is 17.9 Å². The molecule has 140 valence electrons. The zero-order valence-corrected chi connectivity index (χ0v) is 14.3. The maximum absolute atomic E-state index is 11.0. The lowest BCUT2D eigenvalue weighted by atomic mass is 10.0. The van der Waals surface area contributed by atoms with E-state index in [0.29, 0.717) is 6.42 Å². The van der Waals surface area contributed by atoms with Gasteiger partial charge in [-0.1, -0.05) is 13.8 Å². The van der Waals surface area contributed by atoms with Crippen LogP contribution in [0.25, 0.3) is 0 Å². The number of carboxylic acids is 3. The summed E-state index contributed by atoms with van der Waals surface area (Å²) >= 11 is 0. The van der Waals surface area contributed by atoms with E-state index in [0.717, 1.165) is 19.4 Å². The first kappa shape index (κ1) is 22.3. The Kier molecular flexibility index (Phi) is 10.2. The molecule has 0 saturated carbocycles. The normalized spacial score (nSPS) is 19.5. The molecule has 9 heteroatoms. The Balaban J connectivity index is 0.000000546. The minimum Gasteiger partial charge on any atom is -0.480 e. The lowest BCUT2D eigenvalue weighted by molar-refractivity contribution is -0.151. The van der Waals surface area contributed by atoms with Gasteiger partial charge in [-0.15, -0.1) is 0 Å². The smallest absolute Gasteiger partial charge is 0.333 e. The van der Waals surface area contributed by atoms with Crippen molar-refractivity contribution in [3.63, 3.8) is 0 Å². The van der Waals surface area contributed by atoms with Crippen LogP contribution in [0.3, 0.4) is 0 Å².